The summed E-state index contributed by atoms with van der Waals surface area (Å²) in [4.78, 5) is 37.9. The summed E-state index contributed by atoms with van der Waals surface area (Å²) in [6.07, 6.45) is 1.88. The Kier molecular flexibility index (Phi) is 7.12. The Labute approximate surface area is 169 Å². The Hall–Kier alpha value is -1.79. The van der Waals surface area contributed by atoms with E-state index in [2.05, 4.69) is 24.5 Å². The van der Waals surface area contributed by atoms with Crippen molar-refractivity contribution in [3.63, 3.8) is 0 Å². The molecule has 1 heterocycles. The van der Waals surface area contributed by atoms with Gasteiger partial charge in [-0.15, -0.1) is 0 Å². The fourth-order valence-electron chi connectivity index (χ4n) is 2.90. The predicted molar refractivity (Wildman–Crippen MR) is 106 cm³/mol. The van der Waals surface area contributed by atoms with Crippen molar-refractivity contribution < 1.29 is 14.4 Å². The fourth-order valence-corrected chi connectivity index (χ4v) is 3.40. The van der Waals surface area contributed by atoms with Crippen LogP contribution >= 0.6 is 23.2 Å². The van der Waals surface area contributed by atoms with Crippen LogP contribution in [-0.2, 0) is 16.0 Å². The summed E-state index contributed by atoms with van der Waals surface area (Å²) in [5.41, 5.74) is -0.0871. The Bertz CT molecular complexity index is 739. The van der Waals surface area contributed by atoms with Crippen LogP contribution in [0.2, 0.25) is 10.0 Å². The molecular weight excluding hydrogens is 389 g/mol. The van der Waals surface area contributed by atoms with Gasteiger partial charge in [0.1, 0.15) is 12.1 Å². The molecule has 1 aromatic rings. The highest BCUT2D eigenvalue weighted by Gasteiger charge is 2.47. The lowest BCUT2D eigenvalue weighted by Crippen LogP contribution is -2.45. The molecule has 1 aliphatic heterocycles. The molecule has 0 radical (unpaired) electrons. The monoisotopic (exact) mass is 413 g/mol. The lowest BCUT2D eigenvalue weighted by molar-refractivity contribution is -0.134. The molecule has 0 spiro atoms. The molecule has 8 heteroatoms. The van der Waals surface area contributed by atoms with E-state index in [1.807, 2.05) is 0 Å². The van der Waals surface area contributed by atoms with Crippen molar-refractivity contribution in [1.29, 1.82) is 0 Å². The number of hydrogen-bond acceptors (Lipinski definition) is 3. The van der Waals surface area contributed by atoms with Crippen LogP contribution in [0.15, 0.2) is 18.2 Å². The van der Waals surface area contributed by atoms with E-state index in [0.717, 1.165) is 16.9 Å². The highest BCUT2D eigenvalue weighted by Crippen LogP contribution is 2.24. The number of imide groups is 1. The van der Waals surface area contributed by atoms with E-state index in [-0.39, 0.29) is 12.5 Å². The molecule has 2 N–H and O–H groups in total. The van der Waals surface area contributed by atoms with Crippen LogP contribution in [0, 0.1) is 5.92 Å². The van der Waals surface area contributed by atoms with Gasteiger partial charge in [0.05, 0.1) is 0 Å². The number of benzene rings is 1. The van der Waals surface area contributed by atoms with E-state index in [1.54, 1.807) is 25.1 Å². The van der Waals surface area contributed by atoms with Crippen LogP contribution in [0.3, 0.4) is 0 Å². The molecule has 2 rings (SSSR count). The maximum Gasteiger partial charge on any atom is 0.325 e. The smallest absolute Gasteiger partial charge is 0.325 e. The van der Waals surface area contributed by atoms with Crippen molar-refractivity contribution in [2.45, 2.75) is 45.6 Å². The van der Waals surface area contributed by atoms with Gasteiger partial charge in [-0.3, -0.25) is 14.5 Å². The molecule has 1 fully saturated rings. The van der Waals surface area contributed by atoms with Gasteiger partial charge in [0.15, 0.2) is 0 Å². The van der Waals surface area contributed by atoms with Crippen molar-refractivity contribution in [2.75, 3.05) is 13.1 Å². The normalized spacial score (nSPS) is 19.6. The number of urea groups is 1. The molecular formula is C19H25Cl2N3O3. The third-order valence-corrected chi connectivity index (χ3v) is 5.19. The van der Waals surface area contributed by atoms with E-state index in [4.69, 9.17) is 23.2 Å². The van der Waals surface area contributed by atoms with Crippen molar-refractivity contribution in [3.8, 4) is 0 Å². The molecule has 1 aromatic carbocycles. The number of carbonyl (C=O) groups is 3. The van der Waals surface area contributed by atoms with Gasteiger partial charge in [0.25, 0.3) is 5.91 Å². The van der Waals surface area contributed by atoms with Gasteiger partial charge in [-0.05, 0) is 49.8 Å². The van der Waals surface area contributed by atoms with Crippen molar-refractivity contribution >= 4 is 41.0 Å². The van der Waals surface area contributed by atoms with Gasteiger partial charge < -0.3 is 10.6 Å². The first-order chi connectivity index (χ1) is 12.6. The molecule has 0 aromatic heterocycles. The number of rotatable bonds is 8. The van der Waals surface area contributed by atoms with Gasteiger partial charge in [-0.1, -0.05) is 43.1 Å². The maximum atomic E-state index is 12.6. The number of amides is 4. The number of nitrogens with zero attached hydrogens (tertiary/aromatic N) is 1. The van der Waals surface area contributed by atoms with Crippen LogP contribution in [0.1, 0.15) is 39.2 Å². The Morgan fingerprint density at radius 2 is 2.00 bits per heavy atom. The van der Waals surface area contributed by atoms with Crippen LogP contribution < -0.4 is 10.6 Å². The molecule has 1 atom stereocenters. The second-order valence-electron chi connectivity index (χ2n) is 7.42. The average molecular weight is 414 g/mol. The van der Waals surface area contributed by atoms with Crippen molar-refractivity contribution in [2.24, 2.45) is 5.92 Å². The Morgan fingerprint density at radius 3 is 2.63 bits per heavy atom. The summed E-state index contributed by atoms with van der Waals surface area (Å²) in [6.45, 7) is 5.87. The number of carbonyl (C=O) groups excluding carboxylic acids is 3. The van der Waals surface area contributed by atoms with Crippen LogP contribution in [0.4, 0.5) is 4.79 Å². The quantitative estimate of drug-likeness (QED) is 0.640. The van der Waals surface area contributed by atoms with Crippen molar-refractivity contribution in [3.05, 3.63) is 33.8 Å². The zero-order valence-corrected chi connectivity index (χ0v) is 17.3. The first-order valence-corrected chi connectivity index (χ1v) is 9.72. The Balaban J connectivity index is 1.86. The van der Waals surface area contributed by atoms with Crippen molar-refractivity contribution in [1.82, 2.24) is 15.5 Å². The van der Waals surface area contributed by atoms with Crippen LogP contribution in [0.5, 0.6) is 0 Å². The molecule has 27 heavy (non-hydrogen) atoms. The summed E-state index contributed by atoms with van der Waals surface area (Å²) in [5, 5.41) is 6.51. The van der Waals surface area contributed by atoms with Crippen LogP contribution in [-0.4, -0.2) is 41.4 Å². The van der Waals surface area contributed by atoms with E-state index >= 15 is 0 Å². The summed E-state index contributed by atoms with van der Waals surface area (Å²) in [7, 11) is 0. The second-order valence-corrected chi connectivity index (χ2v) is 8.27. The SMILES string of the molecule is CC(C)CCC1(C)NC(=O)N(CC(=O)NCCc2ccc(Cl)cc2Cl)C1=O. The lowest BCUT2D eigenvalue weighted by atomic mass is 9.92. The second kappa shape index (κ2) is 8.93. The molecule has 0 aliphatic carbocycles. The van der Waals surface area contributed by atoms with Gasteiger partial charge in [0, 0.05) is 16.6 Å². The zero-order valence-electron chi connectivity index (χ0n) is 15.8. The summed E-state index contributed by atoms with van der Waals surface area (Å²) in [5.74, 6) is -0.329. The number of nitrogens with one attached hydrogen (secondary N) is 2. The summed E-state index contributed by atoms with van der Waals surface area (Å²) in [6, 6.07) is 4.65. The average Bonchev–Trinajstić information content (AvgIpc) is 2.79. The topological polar surface area (TPSA) is 78.5 Å². The number of halogens is 2. The predicted octanol–water partition coefficient (Wildman–Crippen LogP) is 3.40. The molecule has 0 saturated carbocycles. The van der Waals surface area contributed by atoms with Gasteiger partial charge in [-0.2, -0.15) is 0 Å². The molecule has 1 aliphatic rings. The third-order valence-electron chi connectivity index (χ3n) is 4.60. The molecule has 6 nitrogen and oxygen atoms in total. The third kappa shape index (κ3) is 5.59. The van der Waals surface area contributed by atoms with E-state index < -0.39 is 17.5 Å². The molecule has 0 bridgehead atoms. The molecule has 1 saturated heterocycles. The van der Waals surface area contributed by atoms with Gasteiger partial charge in [-0.25, -0.2) is 4.79 Å². The lowest BCUT2D eigenvalue weighted by Gasteiger charge is -2.22. The van der Waals surface area contributed by atoms with E-state index in [9.17, 15) is 14.4 Å². The highest BCUT2D eigenvalue weighted by atomic mass is 35.5. The minimum absolute atomic E-state index is 0.295. The van der Waals surface area contributed by atoms with Crippen LogP contribution in [0.25, 0.3) is 0 Å². The Morgan fingerprint density at radius 1 is 1.30 bits per heavy atom. The summed E-state index contributed by atoms with van der Waals surface area (Å²) < 4.78 is 0. The highest BCUT2D eigenvalue weighted by molar-refractivity contribution is 6.35. The largest absolute Gasteiger partial charge is 0.354 e. The first kappa shape index (κ1) is 21.5. The standard InChI is InChI=1S/C19H25Cl2N3O3/c1-12(2)6-8-19(3)17(26)24(18(27)23-19)11-16(25)22-9-7-13-4-5-14(20)10-15(13)21/h4-5,10,12H,6-9,11H2,1-3H3,(H,22,25)(H,23,27). The molecule has 1 unspecified atom stereocenters. The number of hydrogen-bond donors (Lipinski definition) is 2. The first-order valence-electron chi connectivity index (χ1n) is 8.97. The van der Waals surface area contributed by atoms with E-state index in [0.29, 0.717) is 35.3 Å². The minimum Gasteiger partial charge on any atom is -0.354 e. The zero-order chi connectivity index (χ0) is 20.2. The summed E-state index contributed by atoms with van der Waals surface area (Å²) >= 11 is 12.0. The van der Waals surface area contributed by atoms with Gasteiger partial charge in [0.2, 0.25) is 5.91 Å². The maximum absolute atomic E-state index is 12.6. The van der Waals surface area contributed by atoms with E-state index in [1.165, 1.54) is 0 Å². The minimum atomic E-state index is -0.946. The molecule has 4 amide bonds. The van der Waals surface area contributed by atoms with Gasteiger partial charge >= 0.3 is 6.03 Å². The molecule has 148 valence electrons. The fraction of sp³-hybridized carbons (Fsp3) is 0.526.